The van der Waals surface area contributed by atoms with Crippen molar-refractivity contribution in [2.45, 2.75) is 12.5 Å². The van der Waals surface area contributed by atoms with E-state index in [0.717, 1.165) is 34.6 Å². The Morgan fingerprint density at radius 1 is 1.19 bits per heavy atom. The first kappa shape index (κ1) is 19.6. The van der Waals surface area contributed by atoms with Crippen molar-refractivity contribution in [1.29, 1.82) is 0 Å². The summed E-state index contributed by atoms with van der Waals surface area (Å²) in [6.07, 6.45) is 2.71. The number of rotatable bonds is 8. The smallest absolute Gasteiger partial charge is 0.230 e. The molecule has 144 valence electrons. The molecule has 0 spiro atoms. The monoisotopic (exact) mass is 387 g/mol. The van der Waals surface area contributed by atoms with E-state index in [1.165, 1.54) is 11.8 Å². The number of thioether (sulfide) groups is 1. The summed E-state index contributed by atoms with van der Waals surface area (Å²) in [5.74, 6) is 2.19. The molecule has 0 bridgehead atoms. The minimum absolute atomic E-state index is 0.00926. The van der Waals surface area contributed by atoms with Gasteiger partial charge >= 0.3 is 0 Å². The number of carbonyl (C=O) groups excluding carboxylic acids is 1. The highest BCUT2D eigenvalue weighted by Crippen LogP contribution is 2.35. The van der Waals surface area contributed by atoms with Crippen LogP contribution in [0.5, 0.6) is 11.5 Å². The van der Waals surface area contributed by atoms with Crippen molar-refractivity contribution in [2.75, 3.05) is 38.9 Å². The van der Waals surface area contributed by atoms with Gasteiger partial charge in [-0.3, -0.25) is 4.79 Å². The van der Waals surface area contributed by atoms with Gasteiger partial charge in [0.2, 0.25) is 5.91 Å². The second kappa shape index (κ2) is 9.67. The zero-order valence-corrected chi connectivity index (χ0v) is 16.5. The van der Waals surface area contributed by atoms with E-state index in [2.05, 4.69) is 11.4 Å². The molecule has 1 aliphatic rings. The fourth-order valence-electron chi connectivity index (χ4n) is 3.08. The third-order valence-corrected chi connectivity index (χ3v) is 4.95. The number of fused-ring (bicyclic) bond motifs is 1. The summed E-state index contributed by atoms with van der Waals surface area (Å²) in [5, 5.41) is 3.12. The Balaban J connectivity index is 1.76. The van der Waals surface area contributed by atoms with E-state index < -0.39 is 0 Å². The summed E-state index contributed by atoms with van der Waals surface area (Å²) in [6.45, 7) is 1.71. The first-order chi connectivity index (χ1) is 13.2. The molecule has 1 atom stereocenters. The molecule has 1 aliphatic heterocycles. The zero-order chi connectivity index (χ0) is 19.1. The van der Waals surface area contributed by atoms with Crippen LogP contribution in [-0.4, -0.2) is 44.8 Å². The van der Waals surface area contributed by atoms with Crippen LogP contribution in [0.4, 0.5) is 0 Å². The number of benzene rings is 2. The quantitative estimate of drug-likeness (QED) is 0.700. The van der Waals surface area contributed by atoms with Gasteiger partial charge in [-0.2, -0.15) is 11.8 Å². The van der Waals surface area contributed by atoms with Gasteiger partial charge in [-0.05, 0) is 41.6 Å². The number of ether oxygens (including phenoxy) is 3. The predicted molar refractivity (Wildman–Crippen MR) is 109 cm³/mol. The Hall–Kier alpha value is -2.18. The van der Waals surface area contributed by atoms with Crippen LogP contribution >= 0.6 is 11.8 Å². The van der Waals surface area contributed by atoms with Crippen LogP contribution in [-0.2, 0) is 9.53 Å². The van der Waals surface area contributed by atoms with Crippen LogP contribution in [0, 0.1) is 0 Å². The molecule has 0 fully saturated rings. The van der Waals surface area contributed by atoms with Crippen LogP contribution in [0.25, 0.3) is 11.1 Å². The van der Waals surface area contributed by atoms with Crippen molar-refractivity contribution in [3.05, 3.63) is 48.0 Å². The molecule has 0 aliphatic carbocycles. The highest BCUT2D eigenvalue weighted by Gasteiger charge is 2.23. The molecule has 27 heavy (non-hydrogen) atoms. The Morgan fingerprint density at radius 3 is 2.70 bits per heavy atom. The maximum absolute atomic E-state index is 12.0. The van der Waals surface area contributed by atoms with Crippen LogP contribution in [0.15, 0.2) is 42.5 Å². The third kappa shape index (κ3) is 5.17. The maximum Gasteiger partial charge on any atom is 0.230 e. The lowest BCUT2D eigenvalue weighted by atomic mass is 9.95. The van der Waals surface area contributed by atoms with E-state index in [0.29, 0.717) is 25.6 Å². The average molecular weight is 388 g/mol. The summed E-state index contributed by atoms with van der Waals surface area (Å²) < 4.78 is 16.4. The van der Waals surface area contributed by atoms with Gasteiger partial charge in [0.25, 0.3) is 0 Å². The Labute approximate surface area is 164 Å². The molecule has 2 aromatic rings. The van der Waals surface area contributed by atoms with Gasteiger partial charge in [0.1, 0.15) is 18.1 Å². The minimum Gasteiger partial charge on any atom is -0.493 e. The molecule has 0 radical (unpaired) electrons. The normalized spacial score (nSPS) is 15.6. The summed E-state index contributed by atoms with van der Waals surface area (Å²) in [4.78, 5) is 12.0. The van der Waals surface area contributed by atoms with Crippen molar-refractivity contribution in [1.82, 2.24) is 5.32 Å². The number of nitrogens with one attached hydrogen (secondary N) is 1. The molecule has 1 N–H and O–H groups in total. The molecule has 5 nitrogen and oxygen atoms in total. The molecule has 0 saturated carbocycles. The Kier molecular flexibility index (Phi) is 7.01. The molecular formula is C21H25NO4S. The summed E-state index contributed by atoms with van der Waals surface area (Å²) in [5.41, 5.74) is 3.22. The number of carbonyl (C=O) groups is 1. The molecule has 3 rings (SSSR count). The summed E-state index contributed by atoms with van der Waals surface area (Å²) >= 11 is 1.52. The van der Waals surface area contributed by atoms with Gasteiger partial charge in [-0.15, -0.1) is 0 Å². The van der Waals surface area contributed by atoms with Gasteiger partial charge in [0.05, 0.1) is 25.0 Å². The van der Waals surface area contributed by atoms with E-state index in [-0.39, 0.29) is 11.9 Å². The first-order valence-corrected chi connectivity index (χ1v) is 10.4. The van der Waals surface area contributed by atoms with Crippen molar-refractivity contribution in [3.8, 4) is 22.6 Å². The fourth-order valence-corrected chi connectivity index (χ4v) is 3.42. The predicted octanol–water partition coefficient (Wildman–Crippen LogP) is 3.68. The molecule has 6 heteroatoms. The van der Waals surface area contributed by atoms with Gasteiger partial charge in [-0.1, -0.05) is 18.2 Å². The molecule has 2 aromatic carbocycles. The molecule has 1 unspecified atom stereocenters. The average Bonchev–Trinajstić information content (AvgIpc) is 2.69. The number of hydrogen-bond donors (Lipinski definition) is 1. The lowest BCUT2D eigenvalue weighted by Crippen LogP contribution is -2.33. The SMILES string of the molecule is COCCOc1ccc(-c2ccc3c(c2)C(NC(=O)CSC)CCO3)cc1. The molecule has 0 aromatic heterocycles. The van der Waals surface area contributed by atoms with Crippen molar-refractivity contribution < 1.29 is 19.0 Å². The van der Waals surface area contributed by atoms with Gasteiger partial charge in [-0.25, -0.2) is 0 Å². The van der Waals surface area contributed by atoms with E-state index in [1.807, 2.05) is 42.7 Å². The van der Waals surface area contributed by atoms with Gasteiger partial charge in [0, 0.05) is 19.1 Å². The molecule has 1 amide bonds. The number of amides is 1. The van der Waals surface area contributed by atoms with Crippen LogP contribution in [0.3, 0.4) is 0 Å². The van der Waals surface area contributed by atoms with E-state index >= 15 is 0 Å². The minimum atomic E-state index is -0.00926. The molecular weight excluding hydrogens is 362 g/mol. The van der Waals surface area contributed by atoms with E-state index in [4.69, 9.17) is 14.2 Å². The van der Waals surface area contributed by atoms with Gasteiger partial charge in [0.15, 0.2) is 0 Å². The topological polar surface area (TPSA) is 56.8 Å². The van der Waals surface area contributed by atoms with Crippen molar-refractivity contribution in [3.63, 3.8) is 0 Å². The number of hydrogen-bond acceptors (Lipinski definition) is 5. The third-order valence-electron chi connectivity index (χ3n) is 4.40. The van der Waals surface area contributed by atoms with Crippen LogP contribution in [0.2, 0.25) is 0 Å². The second-order valence-electron chi connectivity index (χ2n) is 6.31. The van der Waals surface area contributed by atoms with Crippen LogP contribution < -0.4 is 14.8 Å². The van der Waals surface area contributed by atoms with E-state index in [9.17, 15) is 4.79 Å². The molecule has 0 saturated heterocycles. The standard InChI is InChI=1S/C21H25NO4S/c1-24-11-12-25-17-6-3-15(4-7-17)16-5-8-20-18(13-16)19(9-10-26-20)22-21(23)14-27-2/h3-8,13,19H,9-12,14H2,1-2H3,(H,22,23). The Bertz CT molecular complexity index is 763. The molecule has 1 heterocycles. The van der Waals surface area contributed by atoms with Crippen LogP contribution in [0.1, 0.15) is 18.0 Å². The summed E-state index contributed by atoms with van der Waals surface area (Å²) in [7, 11) is 1.66. The highest BCUT2D eigenvalue weighted by atomic mass is 32.2. The highest BCUT2D eigenvalue weighted by molar-refractivity contribution is 7.99. The maximum atomic E-state index is 12.0. The lowest BCUT2D eigenvalue weighted by Gasteiger charge is -2.27. The largest absolute Gasteiger partial charge is 0.493 e. The lowest BCUT2D eigenvalue weighted by molar-refractivity contribution is -0.119. The number of methoxy groups -OCH3 is 1. The van der Waals surface area contributed by atoms with Crippen molar-refractivity contribution >= 4 is 17.7 Å². The fraction of sp³-hybridized carbons (Fsp3) is 0.381. The van der Waals surface area contributed by atoms with Crippen molar-refractivity contribution in [2.24, 2.45) is 0 Å². The first-order valence-electron chi connectivity index (χ1n) is 8.98. The van der Waals surface area contributed by atoms with E-state index in [1.54, 1.807) is 7.11 Å². The second-order valence-corrected chi connectivity index (χ2v) is 7.17. The van der Waals surface area contributed by atoms with Gasteiger partial charge < -0.3 is 19.5 Å². The summed E-state index contributed by atoms with van der Waals surface area (Å²) in [6, 6.07) is 14.1. The Morgan fingerprint density at radius 2 is 1.96 bits per heavy atom. The zero-order valence-electron chi connectivity index (χ0n) is 15.7.